The highest BCUT2D eigenvalue weighted by Crippen LogP contribution is 2.11. The molecule has 1 aromatic heterocycles. The fourth-order valence-electron chi connectivity index (χ4n) is 2.27. The van der Waals surface area contributed by atoms with Gasteiger partial charge in [-0.1, -0.05) is 38.0 Å². The van der Waals surface area contributed by atoms with Gasteiger partial charge in [-0.05, 0) is 43.2 Å². The summed E-state index contributed by atoms with van der Waals surface area (Å²) in [6, 6.07) is 12.4. The minimum absolute atomic E-state index is 0.220. The molecule has 2 aromatic rings. The maximum atomic E-state index is 12.3. The molecule has 0 fully saturated rings. The van der Waals surface area contributed by atoms with Crippen molar-refractivity contribution < 1.29 is 9.59 Å². The predicted octanol–water partition coefficient (Wildman–Crippen LogP) is 3.56. The van der Waals surface area contributed by atoms with E-state index in [0.29, 0.717) is 12.2 Å². The van der Waals surface area contributed by atoms with E-state index in [1.807, 2.05) is 31.2 Å². The van der Waals surface area contributed by atoms with Crippen LogP contribution in [-0.4, -0.2) is 23.3 Å². The van der Waals surface area contributed by atoms with Crippen molar-refractivity contribution in [2.75, 3.05) is 11.9 Å². The molecule has 1 aromatic carbocycles. The Hall–Kier alpha value is -2.69. The van der Waals surface area contributed by atoms with Gasteiger partial charge >= 0.3 is 0 Å². The Morgan fingerprint density at radius 1 is 1.00 bits per heavy atom. The molecule has 0 atom stereocenters. The lowest BCUT2D eigenvalue weighted by molar-refractivity contribution is 0.0948. The third kappa shape index (κ3) is 5.19. The van der Waals surface area contributed by atoms with E-state index in [4.69, 9.17) is 0 Å². The summed E-state index contributed by atoms with van der Waals surface area (Å²) < 4.78 is 0. The van der Waals surface area contributed by atoms with Crippen LogP contribution in [0.3, 0.4) is 0 Å². The second-order valence-electron chi connectivity index (χ2n) is 5.69. The maximum absolute atomic E-state index is 12.3. The van der Waals surface area contributed by atoms with Crippen molar-refractivity contribution in [3.8, 4) is 0 Å². The van der Waals surface area contributed by atoms with Gasteiger partial charge in [-0.2, -0.15) is 0 Å². The first-order valence-electron chi connectivity index (χ1n) is 8.23. The van der Waals surface area contributed by atoms with Crippen LogP contribution in [0.2, 0.25) is 0 Å². The zero-order valence-corrected chi connectivity index (χ0v) is 14.1. The molecule has 0 saturated carbocycles. The molecule has 0 aliphatic rings. The van der Waals surface area contributed by atoms with Gasteiger partial charge < -0.3 is 10.6 Å². The number of hydrogen-bond acceptors (Lipinski definition) is 3. The molecule has 0 aliphatic heterocycles. The van der Waals surface area contributed by atoms with E-state index in [-0.39, 0.29) is 23.2 Å². The predicted molar refractivity (Wildman–Crippen MR) is 95.2 cm³/mol. The lowest BCUT2D eigenvalue weighted by atomic mass is 10.2. The quantitative estimate of drug-likeness (QED) is 0.765. The first-order valence-corrected chi connectivity index (χ1v) is 8.23. The molecule has 5 nitrogen and oxygen atoms in total. The number of hydrogen-bond donors (Lipinski definition) is 2. The fourth-order valence-corrected chi connectivity index (χ4v) is 2.27. The molecular weight excluding hydrogens is 302 g/mol. The van der Waals surface area contributed by atoms with E-state index in [0.717, 1.165) is 24.8 Å². The molecule has 0 unspecified atom stereocenters. The van der Waals surface area contributed by atoms with Gasteiger partial charge in [-0.15, -0.1) is 0 Å². The topological polar surface area (TPSA) is 71.1 Å². The summed E-state index contributed by atoms with van der Waals surface area (Å²) in [4.78, 5) is 28.5. The van der Waals surface area contributed by atoms with Crippen LogP contribution in [0.1, 0.15) is 52.7 Å². The van der Waals surface area contributed by atoms with Crippen molar-refractivity contribution in [1.82, 2.24) is 10.3 Å². The van der Waals surface area contributed by atoms with Crippen LogP contribution in [0.15, 0.2) is 42.5 Å². The maximum Gasteiger partial charge on any atom is 0.274 e. The highest BCUT2D eigenvalue weighted by Gasteiger charge is 2.12. The van der Waals surface area contributed by atoms with Crippen LogP contribution >= 0.6 is 0 Å². The number of aromatic nitrogens is 1. The van der Waals surface area contributed by atoms with E-state index >= 15 is 0 Å². The monoisotopic (exact) mass is 325 g/mol. The SMILES string of the molecule is CCCCCNC(=O)c1cccc(C(=O)Nc2cccc(C)c2)n1. The van der Waals surface area contributed by atoms with Crippen LogP contribution in [0, 0.1) is 6.92 Å². The van der Waals surface area contributed by atoms with Gasteiger partial charge in [0.25, 0.3) is 11.8 Å². The largest absolute Gasteiger partial charge is 0.351 e. The zero-order valence-electron chi connectivity index (χ0n) is 14.1. The van der Waals surface area contributed by atoms with Gasteiger partial charge in [-0.3, -0.25) is 9.59 Å². The Morgan fingerprint density at radius 3 is 2.42 bits per heavy atom. The molecular formula is C19H23N3O2. The Balaban J connectivity index is 2.01. The number of amides is 2. The molecule has 24 heavy (non-hydrogen) atoms. The van der Waals surface area contributed by atoms with Crippen molar-refractivity contribution in [1.29, 1.82) is 0 Å². The molecule has 2 N–H and O–H groups in total. The normalized spacial score (nSPS) is 10.2. The fraction of sp³-hybridized carbons (Fsp3) is 0.316. The molecule has 2 rings (SSSR count). The Morgan fingerprint density at radius 2 is 1.71 bits per heavy atom. The molecule has 0 spiro atoms. The van der Waals surface area contributed by atoms with E-state index < -0.39 is 0 Å². The number of anilines is 1. The summed E-state index contributed by atoms with van der Waals surface area (Å²) in [5, 5.41) is 5.62. The standard InChI is InChI=1S/C19H23N3O2/c1-3-4-5-12-20-18(23)16-10-7-11-17(22-16)19(24)21-15-9-6-8-14(2)13-15/h6-11,13H,3-5,12H2,1-2H3,(H,20,23)(H,21,24). The summed E-state index contributed by atoms with van der Waals surface area (Å²) in [6.07, 6.45) is 3.12. The van der Waals surface area contributed by atoms with Gasteiger partial charge in [-0.25, -0.2) is 4.98 Å². The average molecular weight is 325 g/mol. The summed E-state index contributed by atoms with van der Waals surface area (Å²) in [5.74, 6) is -0.586. The van der Waals surface area contributed by atoms with E-state index in [1.165, 1.54) is 0 Å². The van der Waals surface area contributed by atoms with Crippen molar-refractivity contribution in [2.45, 2.75) is 33.1 Å². The van der Waals surface area contributed by atoms with Gasteiger partial charge in [0.05, 0.1) is 0 Å². The second kappa shape index (κ2) is 8.82. The van der Waals surface area contributed by atoms with Crippen molar-refractivity contribution in [3.05, 3.63) is 59.4 Å². The average Bonchev–Trinajstić information content (AvgIpc) is 2.58. The summed E-state index contributed by atoms with van der Waals surface area (Å²) in [6.45, 7) is 4.69. The van der Waals surface area contributed by atoms with E-state index in [2.05, 4.69) is 22.5 Å². The third-order valence-electron chi connectivity index (χ3n) is 3.56. The Kier molecular flexibility index (Phi) is 6.49. The molecule has 1 heterocycles. The summed E-state index contributed by atoms with van der Waals surface area (Å²) >= 11 is 0. The van der Waals surface area contributed by atoms with E-state index in [9.17, 15) is 9.59 Å². The van der Waals surface area contributed by atoms with Crippen molar-refractivity contribution in [2.24, 2.45) is 0 Å². The first-order chi connectivity index (χ1) is 11.6. The molecule has 0 radical (unpaired) electrons. The minimum atomic E-state index is -0.332. The molecule has 0 saturated heterocycles. The smallest absolute Gasteiger partial charge is 0.274 e. The summed E-state index contributed by atoms with van der Waals surface area (Å²) in [5.41, 5.74) is 2.23. The van der Waals surface area contributed by atoms with Gasteiger partial charge in [0.1, 0.15) is 11.4 Å². The molecule has 0 bridgehead atoms. The molecule has 126 valence electrons. The zero-order chi connectivity index (χ0) is 17.4. The number of aryl methyl sites for hydroxylation is 1. The lowest BCUT2D eigenvalue weighted by Crippen LogP contribution is -2.26. The van der Waals surface area contributed by atoms with E-state index in [1.54, 1.807) is 18.2 Å². The number of nitrogens with one attached hydrogen (secondary N) is 2. The number of benzene rings is 1. The van der Waals surface area contributed by atoms with Crippen LogP contribution in [-0.2, 0) is 0 Å². The number of pyridine rings is 1. The highest BCUT2D eigenvalue weighted by atomic mass is 16.2. The van der Waals surface area contributed by atoms with Crippen LogP contribution in [0.25, 0.3) is 0 Å². The highest BCUT2D eigenvalue weighted by molar-refractivity contribution is 6.03. The van der Waals surface area contributed by atoms with Gasteiger partial charge in [0.2, 0.25) is 0 Å². The molecule has 2 amide bonds. The molecule has 5 heteroatoms. The second-order valence-corrected chi connectivity index (χ2v) is 5.69. The third-order valence-corrected chi connectivity index (χ3v) is 3.56. The number of nitrogens with zero attached hydrogens (tertiary/aromatic N) is 1. The van der Waals surface area contributed by atoms with Crippen molar-refractivity contribution in [3.63, 3.8) is 0 Å². The first kappa shape index (κ1) is 17.7. The number of carbonyl (C=O) groups excluding carboxylic acids is 2. The number of rotatable bonds is 7. The Labute approximate surface area is 142 Å². The van der Waals surface area contributed by atoms with Crippen LogP contribution < -0.4 is 10.6 Å². The van der Waals surface area contributed by atoms with Crippen molar-refractivity contribution >= 4 is 17.5 Å². The summed E-state index contributed by atoms with van der Waals surface area (Å²) in [7, 11) is 0. The van der Waals surface area contributed by atoms with Gasteiger partial charge in [0, 0.05) is 12.2 Å². The Bertz CT molecular complexity index is 713. The van der Waals surface area contributed by atoms with Crippen LogP contribution in [0.4, 0.5) is 5.69 Å². The van der Waals surface area contributed by atoms with Gasteiger partial charge in [0.15, 0.2) is 0 Å². The van der Waals surface area contributed by atoms with Crippen LogP contribution in [0.5, 0.6) is 0 Å². The minimum Gasteiger partial charge on any atom is -0.351 e. The lowest BCUT2D eigenvalue weighted by Gasteiger charge is -2.07. The number of unbranched alkanes of at least 4 members (excludes halogenated alkanes) is 2. The number of carbonyl (C=O) groups is 2. The molecule has 0 aliphatic carbocycles.